The van der Waals surface area contributed by atoms with Crippen molar-refractivity contribution in [2.45, 2.75) is 19.4 Å². The first-order valence-corrected chi connectivity index (χ1v) is 10.4. The Balaban J connectivity index is 1.71. The summed E-state index contributed by atoms with van der Waals surface area (Å²) in [4.78, 5) is 4.98. The molecule has 0 aromatic heterocycles. The monoisotopic (exact) mass is 448 g/mol. The first kappa shape index (κ1) is 20.8. The molecule has 2 aromatic carbocycles. The standard InChI is InChI=1S/C22H29BrN2O3/c1-16(17-6-9-20(26-2)22(14-17)28-4)24-10-5-11-25(13-12-24)18-7-8-19(23)21(15-18)27-3/h6-9,14-16H,5,10-13H2,1-4H3. The van der Waals surface area contributed by atoms with Crippen LogP contribution < -0.4 is 19.1 Å². The number of hydrogen-bond acceptors (Lipinski definition) is 5. The second-order valence-electron chi connectivity index (χ2n) is 6.99. The molecule has 0 spiro atoms. The summed E-state index contributed by atoms with van der Waals surface area (Å²) in [5, 5.41) is 0. The summed E-state index contributed by atoms with van der Waals surface area (Å²) in [6.07, 6.45) is 1.12. The Morgan fingerprint density at radius 1 is 0.821 bits per heavy atom. The van der Waals surface area contributed by atoms with Crippen LogP contribution in [0.4, 0.5) is 5.69 Å². The van der Waals surface area contributed by atoms with Crippen molar-refractivity contribution in [1.29, 1.82) is 0 Å². The van der Waals surface area contributed by atoms with E-state index in [9.17, 15) is 0 Å². The van der Waals surface area contributed by atoms with Crippen molar-refractivity contribution in [2.75, 3.05) is 52.4 Å². The molecule has 1 unspecified atom stereocenters. The van der Waals surface area contributed by atoms with E-state index in [1.165, 1.54) is 11.3 Å². The molecule has 28 heavy (non-hydrogen) atoms. The minimum atomic E-state index is 0.319. The summed E-state index contributed by atoms with van der Waals surface area (Å²) in [5.41, 5.74) is 2.46. The maximum absolute atomic E-state index is 5.48. The average Bonchev–Trinajstić information content (AvgIpc) is 2.99. The largest absolute Gasteiger partial charge is 0.495 e. The summed E-state index contributed by atoms with van der Waals surface area (Å²) in [6.45, 7) is 6.37. The van der Waals surface area contributed by atoms with Crippen molar-refractivity contribution in [2.24, 2.45) is 0 Å². The van der Waals surface area contributed by atoms with Crippen LogP contribution in [0.25, 0.3) is 0 Å². The van der Waals surface area contributed by atoms with Gasteiger partial charge in [-0.15, -0.1) is 0 Å². The maximum Gasteiger partial charge on any atom is 0.161 e. The third-order valence-corrected chi connectivity index (χ3v) is 6.12. The van der Waals surface area contributed by atoms with Gasteiger partial charge in [0.15, 0.2) is 11.5 Å². The predicted molar refractivity (Wildman–Crippen MR) is 117 cm³/mol. The van der Waals surface area contributed by atoms with Gasteiger partial charge in [-0.3, -0.25) is 4.90 Å². The highest BCUT2D eigenvalue weighted by molar-refractivity contribution is 9.10. The highest BCUT2D eigenvalue weighted by Gasteiger charge is 2.22. The van der Waals surface area contributed by atoms with Crippen LogP contribution in [-0.4, -0.2) is 52.4 Å². The minimum Gasteiger partial charge on any atom is -0.495 e. The van der Waals surface area contributed by atoms with Gasteiger partial charge in [-0.25, -0.2) is 0 Å². The van der Waals surface area contributed by atoms with E-state index in [1.54, 1.807) is 21.3 Å². The van der Waals surface area contributed by atoms with E-state index < -0.39 is 0 Å². The highest BCUT2D eigenvalue weighted by Crippen LogP contribution is 2.33. The summed E-state index contributed by atoms with van der Waals surface area (Å²) in [6, 6.07) is 12.8. The van der Waals surface area contributed by atoms with E-state index in [0.717, 1.165) is 54.3 Å². The van der Waals surface area contributed by atoms with E-state index >= 15 is 0 Å². The van der Waals surface area contributed by atoms with E-state index in [1.807, 2.05) is 6.07 Å². The zero-order chi connectivity index (χ0) is 20.1. The molecule has 0 saturated carbocycles. The fraction of sp³-hybridized carbons (Fsp3) is 0.455. The number of methoxy groups -OCH3 is 3. The van der Waals surface area contributed by atoms with Crippen molar-refractivity contribution in [3.05, 3.63) is 46.4 Å². The Morgan fingerprint density at radius 3 is 2.29 bits per heavy atom. The number of ether oxygens (including phenoxy) is 3. The summed E-state index contributed by atoms with van der Waals surface area (Å²) >= 11 is 3.54. The lowest BCUT2D eigenvalue weighted by molar-refractivity contribution is 0.225. The predicted octanol–water partition coefficient (Wildman–Crippen LogP) is 4.75. The van der Waals surface area contributed by atoms with Gasteiger partial charge >= 0.3 is 0 Å². The molecule has 1 fully saturated rings. The molecule has 6 heteroatoms. The molecule has 152 valence electrons. The van der Waals surface area contributed by atoms with Crippen molar-refractivity contribution in [1.82, 2.24) is 4.90 Å². The fourth-order valence-electron chi connectivity index (χ4n) is 3.75. The Labute approximate surface area is 176 Å². The van der Waals surface area contributed by atoms with Gasteiger partial charge in [-0.1, -0.05) is 6.07 Å². The van der Waals surface area contributed by atoms with Crippen LogP contribution in [0.1, 0.15) is 24.9 Å². The molecule has 1 atom stereocenters. The molecule has 1 heterocycles. The summed E-state index contributed by atoms with van der Waals surface area (Å²) < 4.78 is 17.3. The highest BCUT2D eigenvalue weighted by atomic mass is 79.9. The zero-order valence-corrected chi connectivity index (χ0v) is 18.7. The van der Waals surface area contributed by atoms with Crippen LogP contribution in [0.5, 0.6) is 17.2 Å². The smallest absolute Gasteiger partial charge is 0.161 e. The van der Waals surface area contributed by atoms with Gasteiger partial charge in [0.05, 0.1) is 25.8 Å². The molecule has 0 amide bonds. The van der Waals surface area contributed by atoms with Crippen molar-refractivity contribution in [3.63, 3.8) is 0 Å². The Kier molecular flexibility index (Phi) is 7.08. The average molecular weight is 449 g/mol. The molecule has 0 bridgehead atoms. The van der Waals surface area contributed by atoms with Crippen molar-refractivity contribution in [3.8, 4) is 17.2 Å². The fourth-order valence-corrected chi connectivity index (χ4v) is 4.16. The number of benzene rings is 2. The number of halogens is 1. The molecular weight excluding hydrogens is 420 g/mol. The van der Waals surface area contributed by atoms with E-state index in [0.29, 0.717) is 6.04 Å². The van der Waals surface area contributed by atoms with Crippen molar-refractivity contribution < 1.29 is 14.2 Å². The number of hydrogen-bond donors (Lipinski definition) is 0. The van der Waals surface area contributed by atoms with Gasteiger partial charge in [0.1, 0.15) is 5.75 Å². The molecule has 3 rings (SSSR count). The first-order chi connectivity index (χ1) is 13.6. The lowest BCUT2D eigenvalue weighted by Crippen LogP contribution is -2.32. The molecule has 1 aliphatic rings. The lowest BCUT2D eigenvalue weighted by Gasteiger charge is -2.29. The molecule has 1 aliphatic heterocycles. The molecule has 0 N–H and O–H groups in total. The van der Waals surface area contributed by atoms with Gasteiger partial charge in [0, 0.05) is 44.0 Å². The molecule has 0 radical (unpaired) electrons. The molecule has 2 aromatic rings. The van der Waals surface area contributed by atoms with Gasteiger partial charge in [-0.05, 0) is 59.1 Å². The first-order valence-electron chi connectivity index (χ1n) is 9.61. The summed E-state index contributed by atoms with van der Waals surface area (Å²) in [7, 11) is 5.06. The molecule has 1 saturated heterocycles. The number of nitrogens with zero attached hydrogens (tertiary/aromatic N) is 2. The Hall–Kier alpha value is -1.92. The second kappa shape index (κ2) is 9.52. The van der Waals surface area contributed by atoms with Crippen LogP contribution in [0, 0.1) is 0 Å². The van der Waals surface area contributed by atoms with Gasteiger partial charge in [0.25, 0.3) is 0 Å². The summed E-state index contributed by atoms with van der Waals surface area (Å²) in [5.74, 6) is 2.42. The minimum absolute atomic E-state index is 0.319. The Bertz CT molecular complexity index is 799. The lowest BCUT2D eigenvalue weighted by atomic mass is 10.1. The number of rotatable bonds is 6. The van der Waals surface area contributed by atoms with Gasteiger partial charge in [-0.2, -0.15) is 0 Å². The van der Waals surface area contributed by atoms with Crippen LogP contribution >= 0.6 is 15.9 Å². The third kappa shape index (κ3) is 4.55. The topological polar surface area (TPSA) is 34.2 Å². The Morgan fingerprint density at radius 2 is 1.57 bits per heavy atom. The van der Waals surface area contributed by atoms with E-state index in [4.69, 9.17) is 14.2 Å². The quantitative estimate of drug-likeness (QED) is 0.636. The zero-order valence-electron chi connectivity index (χ0n) is 17.1. The van der Waals surface area contributed by atoms with E-state index in [-0.39, 0.29) is 0 Å². The van der Waals surface area contributed by atoms with Gasteiger partial charge in [0.2, 0.25) is 0 Å². The van der Waals surface area contributed by atoms with Crippen molar-refractivity contribution >= 4 is 21.6 Å². The second-order valence-corrected chi connectivity index (χ2v) is 7.84. The SMILES string of the molecule is COc1cc(N2CCCN(C(C)c3ccc(OC)c(OC)c3)CC2)ccc1Br. The molecule has 0 aliphatic carbocycles. The van der Waals surface area contributed by atoms with Crippen LogP contribution in [0.2, 0.25) is 0 Å². The maximum atomic E-state index is 5.48. The van der Waals surface area contributed by atoms with Crippen LogP contribution in [0.3, 0.4) is 0 Å². The number of anilines is 1. The van der Waals surface area contributed by atoms with Crippen LogP contribution in [0.15, 0.2) is 40.9 Å². The van der Waals surface area contributed by atoms with Crippen LogP contribution in [-0.2, 0) is 0 Å². The third-order valence-electron chi connectivity index (χ3n) is 5.47. The molecular formula is C22H29BrN2O3. The molecule has 5 nitrogen and oxygen atoms in total. The van der Waals surface area contributed by atoms with E-state index in [2.05, 4.69) is 63.0 Å². The van der Waals surface area contributed by atoms with Gasteiger partial charge < -0.3 is 19.1 Å². The normalized spacial score (nSPS) is 16.4.